The molecule has 3 aromatic rings. The van der Waals surface area contributed by atoms with Crippen LogP contribution < -0.4 is 14.8 Å². The van der Waals surface area contributed by atoms with Gasteiger partial charge in [0.25, 0.3) is 5.91 Å². The van der Waals surface area contributed by atoms with Crippen molar-refractivity contribution in [3.05, 3.63) is 86.4 Å². The van der Waals surface area contributed by atoms with E-state index >= 15 is 0 Å². The van der Waals surface area contributed by atoms with Gasteiger partial charge in [-0.3, -0.25) is 4.79 Å². The zero-order valence-corrected chi connectivity index (χ0v) is 18.1. The van der Waals surface area contributed by atoms with Crippen molar-refractivity contribution in [3.63, 3.8) is 0 Å². The Bertz CT molecular complexity index is 1170. The number of nitrogens with one attached hydrogen (secondary N) is 1. The number of hydrogen-bond acceptors (Lipinski definition) is 3. The maximum absolute atomic E-state index is 12.4. The van der Waals surface area contributed by atoms with Gasteiger partial charge in [0.05, 0.1) is 22.8 Å². The van der Waals surface area contributed by atoms with Gasteiger partial charge >= 0.3 is 0 Å². The standard InChI is InChI=1S/C23H16Cl3NO3/c1-29-22-10-13(8-17-16-5-4-15(24)11-20(16)27-23(17)28)3-7-21(22)30-12-14-2-6-18(25)19(26)9-14/h2-11H,12H2,1H3,(H,27,28)/b17-8+. The third kappa shape index (κ3) is 4.26. The third-order valence-corrected chi connectivity index (χ3v) is 5.62. The summed E-state index contributed by atoms with van der Waals surface area (Å²) < 4.78 is 11.4. The highest BCUT2D eigenvalue weighted by molar-refractivity contribution is 6.42. The number of methoxy groups -OCH3 is 1. The van der Waals surface area contributed by atoms with Crippen molar-refractivity contribution in [2.75, 3.05) is 12.4 Å². The Balaban J connectivity index is 1.57. The molecule has 3 aromatic carbocycles. The summed E-state index contributed by atoms with van der Waals surface area (Å²) in [5.74, 6) is 0.958. The number of hydrogen-bond donors (Lipinski definition) is 1. The smallest absolute Gasteiger partial charge is 0.256 e. The van der Waals surface area contributed by atoms with Gasteiger partial charge in [-0.2, -0.15) is 0 Å². The molecule has 1 aliphatic heterocycles. The van der Waals surface area contributed by atoms with Gasteiger partial charge in [-0.25, -0.2) is 0 Å². The van der Waals surface area contributed by atoms with Crippen molar-refractivity contribution >= 4 is 58.0 Å². The fourth-order valence-corrected chi connectivity index (χ4v) is 3.65. The molecule has 0 unspecified atom stereocenters. The highest BCUT2D eigenvalue weighted by atomic mass is 35.5. The zero-order valence-electron chi connectivity index (χ0n) is 15.8. The Labute approximate surface area is 189 Å². The normalized spacial score (nSPS) is 13.9. The van der Waals surface area contributed by atoms with Crippen LogP contribution in [0.5, 0.6) is 11.5 Å². The van der Waals surface area contributed by atoms with Crippen LogP contribution in [0.4, 0.5) is 5.69 Å². The molecule has 1 N–H and O–H groups in total. The zero-order chi connectivity index (χ0) is 21.3. The van der Waals surface area contributed by atoms with Crippen LogP contribution in [0.2, 0.25) is 15.1 Å². The second kappa shape index (κ2) is 8.60. The SMILES string of the molecule is COc1cc(/C=C2/C(=O)Nc3cc(Cl)ccc32)ccc1OCc1ccc(Cl)c(Cl)c1. The van der Waals surface area contributed by atoms with E-state index < -0.39 is 0 Å². The maximum atomic E-state index is 12.4. The van der Waals surface area contributed by atoms with E-state index in [9.17, 15) is 4.79 Å². The first-order chi connectivity index (χ1) is 14.4. The Morgan fingerprint density at radius 2 is 1.77 bits per heavy atom. The number of benzene rings is 3. The minimum absolute atomic E-state index is 0.175. The lowest BCUT2D eigenvalue weighted by Gasteiger charge is -2.12. The summed E-state index contributed by atoms with van der Waals surface area (Å²) >= 11 is 18.0. The molecule has 7 heteroatoms. The quantitative estimate of drug-likeness (QED) is 0.430. The summed E-state index contributed by atoms with van der Waals surface area (Å²) in [6.07, 6.45) is 1.81. The predicted molar refractivity (Wildman–Crippen MR) is 122 cm³/mol. The molecule has 0 fully saturated rings. The lowest BCUT2D eigenvalue weighted by atomic mass is 10.0. The van der Waals surface area contributed by atoms with Crippen LogP contribution in [-0.4, -0.2) is 13.0 Å². The van der Waals surface area contributed by atoms with Crippen LogP contribution in [0.15, 0.2) is 54.6 Å². The number of rotatable bonds is 5. The van der Waals surface area contributed by atoms with Crippen LogP contribution >= 0.6 is 34.8 Å². The van der Waals surface area contributed by atoms with E-state index in [0.717, 1.165) is 16.7 Å². The number of ether oxygens (including phenoxy) is 2. The summed E-state index contributed by atoms with van der Waals surface area (Å²) in [4.78, 5) is 12.4. The molecule has 1 aliphatic rings. The Hall–Kier alpha value is -2.66. The third-order valence-electron chi connectivity index (χ3n) is 4.64. The largest absolute Gasteiger partial charge is 0.493 e. The second-order valence-corrected chi connectivity index (χ2v) is 7.90. The monoisotopic (exact) mass is 459 g/mol. The van der Waals surface area contributed by atoms with Gasteiger partial charge in [-0.1, -0.05) is 53.0 Å². The molecule has 4 nitrogen and oxygen atoms in total. The summed E-state index contributed by atoms with van der Waals surface area (Å²) in [7, 11) is 1.57. The number of carbonyl (C=O) groups excluding carboxylic acids is 1. The average molecular weight is 461 g/mol. The first-order valence-electron chi connectivity index (χ1n) is 9.02. The van der Waals surface area contributed by atoms with E-state index in [1.54, 1.807) is 43.5 Å². The second-order valence-electron chi connectivity index (χ2n) is 6.65. The van der Waals surface area contributed by atoms with Crippen LogP contribution in [0.3, 0.4) is 0 Å². The Morgan fingerprint density at radius 1 is 0.933 bits per heavy atom. The maximum Gasteiger partial charge on any atom is 0.256 e. The fourth-order valence-electron chi connectivity index (χ4n) is 3.16. The van der Waals surface area contributed by atoms with E-state index in [2.05, 4.69) is 5.32 Å². The van der Waals surface area contributed by atoms with Gasteiger partial charge in [0, 0.05) is 16.2 Å². The molecule has 0 bridgehead atoms. The van der Waals surface area contributed by atoms with Crippen molar-refractivity contribution in [1.82, 2.24) is 0 Å². The van der Waals surface area contributed by atoms with E-state index in [1.165, 1.54) is 0 Å². The molecule has 1 heterocycles. The van der Waals surface area contributed by atoms with Gasteiger partial charge in [-0.05, 0) is 53.6 Å². The van der Waals surface area contributed by atoms with Crippen LogP contribution in [0.1, 0.15) is 16.7 Å². The van der Waals surface area contributed by atoms with Crippen molar-refractivity contribution in [1.29, 1.82) is 0 Å². The molecule has 4 rings (SSSR count). The number of anilines is 1. The molecule has 152 valence electrons. The lowest BCUT2D eigenvalue weighted by molar-refractivity contribution is -0.110. The first-order valence-corrected chi connectivity index (χ1v) is 10.2. The van der Waals surface area contributed by atoms with Gasteiger partial charge in [0.1, 0.15) is 6.61 Å². The molecule has 0 radical (unpaired) electrons. The van der Waals surface area contributed by atoms with E-state index in [4.69, 9.17) is 44.3 Å². The van der Waals surface area contributed by atoms with E-state index in [0.29, 0.717) is 44.4 Å². The first kappa shape index (κ1) is 20.6. The van der Waals surface area contributed by atoms with Crippen molar-refractivity contribution in [2.45, 2.75) is 6.61 Å². The Morgan fingerprint density at radius 3 is 2.53 bits per heavy atom. The molecule has 0 saturated carbocycles. The summed E-state index contributed by atoms with van der Waals surface area (Å²) in [5.41, 5.74) is 3.76. The van der Waals surface area contributed by atoms with E-state index in [1.807, 2.05) is 24.3 Å². The lowest BCUT2D eigenvalue weighted by Crippen LogP contribution is -2.03. The average Bonchev–Trinajstić information content (AvgIpc) is 3.03. The van der Waals surface area contributed by atoms with Crippen LogP contribution in [0, 0.1) is 0 Å². The van der Waals surface area contributed by atoms with Crippen molar-refractivity contribution in [2.24, 2.45) is 0 Å². The molecule has 0 spiro atoms. The molecule has 0 aliphatic carbocycles. The summed E-state index contributed by atoms with van der Waals surface area (Å²) in [6.45, 7) is 0.310. The van der Waals surface area contributed by atoms with Gasteiger partial charge in [0.2, 0.25) is 0 Å². The molecule has 30 heavy (non-hydrogen) atoms. The Kier molecular flexibility index (Phi) is 5.91. The van der Waals surface area contributed by atoms with Gasteiger partial charge in [0.15, 0.2) is 11.5 Å². The minimum Gasteiger partial charge on any atom is -0.493 e. The van der Waals surface area contributed by atoms with Gasteiger partial charge in [-0.15, -0.1) is 0 Å². The van der Waals surface area contributed by atoms with E-state index in [-0.39, 0.29) is 5.91 Å². The predicted octanol–water partition coefficient (Wildman–Crippen LogP) is 6.73. The molecular formula is C23H16Cl3NO3. The summed E-state index contributed by atoms with van der Waals surface area (Å²) in [5, 5.41) is 4.37. The topological polar surface area (TPSA) is 47.6 Å². The van der Waals surface area contributed by atoms with Crippen LogP contribution in [0.25, 0.3) is 11.6 Å². The molecular weight excluding hydrogens is 445 g/mol. The van der Waals surface area contributed by atoms with Crippen LogP contribution in [-0.2, 0) is 11.4 Å². The number of carbonyl (C=O) groups is 1. The number of amides is 1. The summed E-state index contributed by atoms with van der Waals surface area (Å²) in [6, 6.07) is 16.1. The molecule has 0 aromatic heterocycles. The minimum atomic E-state index is -0.175. The highest BCUT2D eigenvalue weighted by Gasteiger charge is 2.24. The van der Waals surface area contributed by atoms with Crippen molar-refractivity contribution in [3.8, 4) is 11.5 Å². The molecule has 0 saturated heterocycles. The number of fused-ring (bicyclic) bond motifs is 1. The molecule has 1 amide bonds. The highest BCUT2D eigenvalue weighted by Crippen LogP contribution is 2.36. The number of halogens is 3. The molecule has 0 atom stereocenters. The van der Waals surface area contributed by atoms with Crippen molar-refractivity contribution < 1.29 is 14.3 Å². The fraction of sp³-hybridized carbons (Fsp3) is 0.0870. The van der Waals surface area contributed by atoms with Gasteiger partial charge < -0.3 is 14.8 Å².